The molecule has 2 amide bonds. The zero-order valence-corrected chi connectivity index (χ0v) is 12.1. The highest BCUT2D eigenvalue weighted by molar-refractivity contribution is 5.74. The van der Waals surface area contributed by atoms with E-state index in [9.17, 15) is 9.59 Å². The van der Waals surface area contributed by atoms with Gasteiger partial charge in [0.15, 0.2) is 0 Å². The van der Waals surface area contributed by atoms with Crippen LogP contribution in [-0.2, 0) is 4.79 Å². The summed E-state index contributed by atoms with van der Waals surface area (Å²) >= 11 is 0. The predicted molar refractivity (Wildman–Crippen MR) is 74.1 cm³/mol. The smallest absolute Gasteiger partial charge is 0.319 e. The lowest BCUT2D eigenvalue weighted by molar-refractivity contribution is -0.137. The van der Waals surface area contributed by atoms with Gasteiger partial charge in [0.05, 0.1) is 0 Å². The van der Waals surface area contributed by atoms with E-state index in [0.717, 1.165) is 38.8 Å². The molecule has 0 saturated carbocycles. The molecule has 1 unspecified atom stereocenters. The standard InChI is InChI=1S/C14H26N2O3/c1-3-4-5-9-15(2)14(19)16-10-8-12(11-16)6-7-13(17)18/h12H,3-11H2,1-2H3,(H,17,18). The monoisotopic (exact) mass is 270 g/mol. The number of hydrogen-bond donors (Lipinski definition) is 1. The third-order valence-corrected chi connectivity index (χ3v) is 3.75. The Labute approximate surface area is 115 Å². The molecule has 5 nitrogen and oxygen atoms in total. The maximum absolute atomic E-state index is 12.2. The van der Waals surface area contributed by atoms with Gasteiger partial charge in [-0.3, -0.25) is 4.79 Å². The normalized spacial score (nSPS) is 18.6. The molecule has 1 N–H and O–H groups in total. The highest BCUT2D eigenvalue weighted by atomic mass is 16.4. The molecule has 0 radical (unpaired) electrons. The van der Waals surface area contributed by atoms with Gasteiger partial charge in [0, 0.05) is 33.1 Å². The molecule has 1 atom stereocenters. The number of carboxylic acids is 1. The highest BCUT2D eigenvalue weighted by Gasteiger charge is 2.27. The summed E-state index contributed by atoms with van der Waals surface area (Å²) in [7, 11) is 1.85. The molecule has 1 fully saturated rings. The van der Waals surface area contributed by atoms with Crippen molar-refractivity contribution in [3.05, 3.63) is 0 Å². The molecular weight excluding hydrogens is 244 g/mol. The van der Waals surface area contributed by atoms with Gasteiger partial charge in [0.2, 0.25) is 0 Å². The minimum absolute atomic E-state index is 0.0916. The van der Waals surface area contributed by atoms with E-state index in [1.807, 2.05) is 11.9 Å². The molecule has 0 aromatic heterocycles. The Morgan fingerprint density at radius 1 is 1.37 bits per heavy atom. The average molecular weight is 270 g/mol. The first kappa shape index (κ1) is 15.8. The second-order valence-electron chi connectivity index (χ2n) is 5.44. The fourth-order valence-corrected chi connectivity index (χ4v) is 2.51. The largest absolute Gasteiger partial charge is 0.481 e. The number of carbonyl (C=O) groups excluding carboxylic acids is 1. The van der Waals surface area contributed by atoms with Crippen molar-refractivity contribution >= 4 is 12.0 Å². The van der Waals surface area contributed by atoms with Crippen LogP contribution in [0, 0.1) is 5.92 Å². The number of carbonyl (C=O) groups is 2. The van der Waals surface area contributed by atoms with Gasteiger partial charge in [-0.2, -0.15) is 0 Å². The van der Waals surface area contributed by atoms with E-state index in [2.05, 4.69) is 6.92 Å². The Hall–Kier alpha value is -1.26. The first-order valence-electron chi connectivity index (χ1n) is 7.26. The molecule has 0 bridgehead atoms. The summed E-state index contributed by atoms with van der Waals surface area (Å²) < 4.78 is 0. The van der Waals surface area contributed by atoms with E-state index >= 15 is 0 Å². The molecule has 1 aliphatic heterocycles. The van der Waals surface area contributed by atoms with Gasteiger partial charge < -0.3 is 14.9 Å². The van der Waals surface area contributed by atoms with Crippen LogP contribution in [0.4, 0.5) is 4.79 Å². The summed E-state index contributed by atoms with van der Waals surface area (Å²) in [5.74, 6) is -0.398. The number of rotatable bonds is 7. The zero-order valence-electron chi connectivity index (χ0n) is 12.1. The molecule has 0 spiro atoms. The van der Waals surface area contributed by atoms with E-state index in [1.165, 1.54) is 0 Å². The van der Waals surface area contributed by atoms with Crippen LogP contribution < -0.4 is 0 Å². The van der Waals surface area contributed by atoms with Gasteiger partial charge in [-0.25, -0.2) is 4.79 Å². The Morgan fingerprint density at radius 2 is 2.11 bits per heavy atom. The topological polar surface area (TPSA) is 60.9 Å². The minimum atomic E-state index is -0.749. The van der Waals surface area contributed by atoms with E-state index in [-0.39, 0.29) is 12.5 Å². The summed E-state index contributed by atoms with van der Waals surface area (Å²) in [6.07, 6.45) is 5.18. The van der Waals surface area contributed by atoms with E-state index in [4.69, 9.17) is 5.11 Å². The van der Waals surface area contributed by atoms with Gasteiger partial charge >= 0.3 is 12.0 Å². The summed E-state index contributed by atoms with van der Waals surface area (Å²) in [6, 6.07) is 0.0916. The number of aliphatic carboxylic acids is 1. The molecule has 1 aliphatic rings. The quantitative estimate of drug-likeness (QED) is 0.723. The van der Waals surface area contributed by atoms with Crippen molar-refractivity contribution in [2.45, 2.75) is 45.4 Å². The molecule has 1 saturated heterocycles. The average Bonchev–Trinajstić information content (AvgIpc) is 2.84. The third kappa shape index (κ3) is 5.49. The van der Waals surface area contributed by atoms with E-state index in [1.54, 1.807) is 4.90 Å². The number of likely N-dealkylation sites (tertiary alicyclic amines) is 1. The zero-order chi connectivity index (χ0) is 14.3. The number of nitrogens with zero attached hydrogens (tertiary/aromatic N) is 2. The lowest BCUT2D eigenvalue weighted by Gasteiger charge is -2.24. The Morgan fingerprint density at radius 3 is 2.74 bits per heavy atom. The Bertz CT molecular complexity index is 307. The van der Waals surface area contributed by atoms with E-state index < -0.39 is 5.97 Å². The lowest BCUT2D eigenvalue weighted by atomic mass is 10.0. The van der Waals surface area contributed by atoms with Gasteiger partial charge in [-0.1, -0.05) is 19.8 Å². The highest BCUT2D eigenvalue weighted by Crippen LogP contribution is 2.21. The van der Waals surface area contributed by atoms with Crippen LogP contribution in [0.15, 0.2) is 0 Å². The fourth-order valence-electron chi connectivity index (χ4n) is 2.51. The maximum Gasteiger partial charge on any atom is 0.319 e. The number of urea groups is 1. The van der Waals surface area contributed by atoms with Crippen molar-refractivity contribution in [1.29, 1.82) is 0 Å². The molecular formula is C14H26N2O3. The van der Waals surface area contributed by atoms with Crippen LogP contribution in [0.5, 0.6) is 0 Å². The minimum Gasteiger partial charge on any atom is -0.481 e. The first-order chi connectivity index (χ1) is 9.04. The number of amides is 2. The van der Waals surface area contributed by atoms with Gasteiger partial charge in [0.1, 0.15) is 0 Å². The fraction of sp³-hybridized carbons (Fsp3) is 0.857. The van der Waals surface area contributed by atoms with E-state index in [0.29, 0.717) is 18.9 Å². The van der Waals surface area contributed by atoms with Crippen LogP contribution in [-0.4, -0.2) is 53.6 Å². The lowest BCUT2D eigenvalue weighted by Crippen LogP contribution is -2.40. The number of hydrogen-bond acceptors (Lipinski definition) is 2. The summed E-state index contributed by atoms with van der Waals surface area (Å²) in [4.78, 5) is 26.3. The van der Waals surface area contributed by atoms with Gasteiger partial charge in [-0.15, -0.1) is 0 Å². The third-order valence-electron chi connectivity index (χ3n) is 3.75. The summed E-state index contributed by atoms with van der Waals surface area (Å²) in [5.41, 5.74) is 0. The van der Waals surface area contributed by atoms with Crippen LogP contribution in [0.1, 0.15) is 45.4 Å². The van der Waals surface area contributed by atoms with Crippen molar-refractivity contribution in [2.75, 3.05) is 26.7 Å². The SMILES string of the molecule is CCCCCN(C)C(=O)N1CCC(CCC(=O)O)C1. The molecule has 1 rings (SSSR count). The second kappa shape index (κ2) is 8.02. The summed E-state index contributed by atoms with van der Waals surface area (Å²) in [5, 5.41) is 8.67. The first-order valence-corrected chi connectivity index (χ1v) is 7.26. The Balaban J connectivity index is 2.28. The van der Waals surface area contributed by atoms with Crippen molar-refractivity contribution in [3.63, 3.8) is 0 Å². The van der Waals surface area contributed by atoms with Crippen molar-refractivity contribution < 1.29 is 14.7 Å². The second-order valence-corrected chi connectivity index (χ2v) is 5.44. The molecule has 1 heterocycles. The molecule has 0 aromatic carbocycles. The molecule has 19 heavy (non-hydrogen) atoms. The van der Waals surface area contributed by atoms with Gasteiger partial charge in [0.25, 0.3) is 0 Å². The Kier molecular flexibility index (Phi) is 6.67. The van der Waals surface area contributed by atoms with Crippen LogP contribution in [0.2, 0.25) is 0 Å². The van der Waals surface area contributed by atoms with Crippen LogP contribution >= 0.6 is 0 Å². The summed E-state index contributed by atoms with van der Waals surface area (Å²) in [6.45, 7) is 4.43. The van der Waals surface area contributed by atoms with Crippen LogP contribution in [0.3, 0.4) is 0 Å². The predicted octanol–water partition coefficient (Wildman–Crippen LogP) is 2.42. The van der Waals surface area contributed by atoms with Crippen molar-refractivity contribution in [2.24, 2.45) is 5.92 Å². The molecule has 0 aromatic rings. The van der Waals surface area contributed by atoms with Crippen LogP contribution in [0.25, 0.3) is 0 Å². The van der Waals surface area contributed by atoms with Crippen molar-refractivity contribution in [3.8, 4) is 0 Å². The van der Waals surface area contributed by atoms with Gasteiger partial charge in [-0.05, 0) is 25.2 Å². The molecule has 5 heteroatoms. The van der Waals surface area contributed by atoms with Crippen molar-refractivity contribution in [1.82, 2.24) is 9.80 Å². The molecule has 110 valence electrons. The number of unbranched alkanes of at least 4 members (excludes halogenated alkanes) is 2. The maximum atomic E-state index is 12.2. The molecule has 0 aliphatic carbocycles. The number of carboxylic acid groups (broad SMARTS) is 1.